The van der Waals surface area contributed by atoms with Crippen LogP contribution in [0.2, 0.25) is 0 Å². The number of nitrogens with zero attached hydrogens (tertiary/aromatic N) is 1. The maximum absolute atomic E-state index is 12.6. The zero-order valence-corrected chi connectivity index (χ0v) is 34.0. The Balaban J connectivity index is 4.40. The van der Waals surface area contributed by atoms with E-state index in [-0.39, 0.29) is 26.1 Å². The van der Waals surface area contributed by atoms with Gasteiger partial charge in [-0.3, -0.25) is 14.2 Å². The Morgan fingerprint density at radius 1 is 0.600 bits per heavy atom. The summed E-state index contributed by atoms with van der Waals surface area (Å²) in [7, 11) is 1.16. The van der Waals surface area contributed by atoms with E-state index in [1.165, 1.54) is 96.3 Å². The van der Waals surface area contributed by atoms with E-state index in [1.54, 1.807) is 0 Å². The molecule has 0 spiro atoms. The van der Waals surface area contributed by atoms with Crippen molar-refractivity contribution in [3.8, 4) is 0 Å². The quantitative estimate of drug-likeness (QED) is 0.0204. The van der Waals surface area contributed by atoms with E-state index in [9.17, 15) is 19.0 Å². The maximum atomic E-state index is 12.6. The van der Waals surface area contributed by atoms with E-state index >= 15 is 0 Å². The molecule has 1 unspecified atom stereocenters. The molecule has 0 bridgehead atoms. The molecule has 0 aromatic rings. The number of phosphoric ester groups is 1. The molecule has 0 rings (SSSR count). The van der Waals surface area contributed by atoms with E-state index in [4.69, 9.17) is 18.5 Å². The first-order valence-corrected chi connectivity index (χ1v) is 21.9. The number of carbonyl (C=O) groups excluding carboxylic acids is 2. The lowest BCUT2D eigenvalue weighted by Crippen LogP contribution is -2.37. The van der Waals surface area contributed by atoms with Crippen LogP contribution in [0.3, 0.4) is 0 Å². The van der Waals surface area contributed by atoms with Gasteiger partial charge in [-0.2, -0.15) is 0 Å². The summed E-state index contributed by atoms with van der Waals surface area (Å²) in [5, 5.41) is 0. The summed E-state index contributed by atoms with van der Waals surface area (Å²) in [6.45, 7) is 4.20. The highest BCUT2D eigenvalue weighted by molar-refractivity contribution is 7.45. The van der Waals surface area contributed by atoms with E-state index in [2.05, 4.69) is 26.0 Å². The second kappa shape index (κ2) is 33.6. The largest absolute Gasteiger partial charge is 0.756 e. The Bertz CT molecular complexity index is 876. The second-order valence-electron chi connectivity index (χ2n) is 15.0. The summed E-state index contributed by atoms with van der Waals surface area (Å²) < 4.78 is 33.8. The summed E-state index contributed by atoms with van der Waals surface area (Å²) >= 11 is 0. The van der Waals surface area contributed by atoms with Gasteiger partial charge in [0.1, 0.15) is 19.8 Å². The molecular weight excluding hydrogens is 653 g/mol. The zero-order chi connectivity index (χ0) is 37.2. The van der Waals surface area contributed by atoms with Crippen LogP contribution in [0.25, 0.3) is 0 Å². The standard InChI is InChI=1S/C40H78NO8P/c1-6-8-10-12-14-16-18-19-20-21-23-24-26-28-30-32-39(42)46-36-38(37-48-50(44,45)47-35-34-41(3,4)5)49-40(43)33-31-29-27-25-22-17-15-13-11-9-7-2/h21,23,38H,6-20,22,24-37H2,1-5H3/b23-21+/t38-/m1/s1. The minimum absolute atomic E-state index is 0.0301. The molecule has 0 amide bonds. The highest BCUT2D eigenvalue weighted by atomic mass is 31.2. The Kier molecular flexibility index (Phi) is 32.7. The van der Waals surface area contributed by atoms with Crippen molar-refractivity contribution >= 4 is 19.8 Å². The van der Waals surface area contributed by atoms with Gasteiger partial charge in [-0.15, -0.1) is 0 Å². The fraction of sp³-hybridized carbons (Fsp3) is 0.900. The van der Waals surface area contributed by atoms with Gasteiger partial charge in [0.15, 0.2) is 6.10 Å². The zero-order valence-electron chi connectivity index (χ0n) is 33.1. The van der Waals surface area contributed by atoms with Crippen LogP contribution in [0.1, 0.15) is 181 Å². The molecule has 0 aliphatic rings. The van der Waals surface area contributed by atoms with Crippen LogP contribution in [-0.4, -0.2) is 70.0 Å². The first-order valence-electron chi connectivity index (χ1n) is 20.4. The molecule has 2 atom stereocenters. The van der Waals surface area contributed by atoms with Gasteiger partial charge in [-0.05, 0) is 38.5 Å². The van der Waals surface area contributed by atoms with Crippen molar-refractivity contribution in [2.45, 2.75) is 187 Å². The van der Waals surface area contributed by atoms with Gasteiger partial charge in [-0.1, -0.05) is 142 Å². The third kappa shape index (κ3) is 36.5. The van der Waals surface area contributed by atoms with Crippen LogP contribution in [-0.2, 0) is 32.7 Å². The minimum Gasteiger partial charge on any atom is -0.756 e. The summed E-state index contributed by atoms with van der Waals surface area (Å²) in [4.78, 5) is 37.3. The number of quaternary nitrogens is 1. The Hall–Kier alpha value is -1.25. The molecule has 296 valence electrons. The van der Waals surface area contributed by atoms with Crippen molar-refractivity contribution in [3.63, 3.8) is 0 Å². The highest BCUT2D eigenvalue weighted by Gasteiger charge is 2.21. The lowest BCUT2D eigenvalue weighted by Gasteiger charge is -2.28. The molecule has 0 heterocycles. The van der Waals surface area contributed by atoms with Crippen LogP contribution in [0.15, 0.2) is 12.2 Å². The molecule has 50 heavy (non-hydrogen) atoms. The van der Waals surface area contributed by atoms with Gasteiger partial charge in [0.25, 0.3) is 7.82 Å². The van der Waals surface area contributed by atoms with Crippen molar-refractivity contribution in [2.75, 3.05) is 47.5 Å². The topological polar surface area (TPSA) is 111 Å². The van der Waals surface area contributed by atoms with Gasteiger partial charge >= 0.3 is 11.9 Å². The fourth-order valence-electron chi connectivity index (χ4n) is 5.53. The molecule has 0 aliphatic carbocycles. The van der Waals surface area contributed by atoms with Crippen LogP contribution in [0, 0.1) is 0 Å². The highest BCUT2D eigenvalue weighted by Crippen LogP contribution is 2.38. The summed E-state index contributed by atoms with van der Waals surface area (Å²) in [6, 6.07) is 0. The smallest absolute Gasteiger partial charge is 0.306 e. The van der Waals surface area contributed by atoms with Crippen LogP contribution >= 0.6 is 7.82 Å². The first kappa shape index (κ1) is 48.8. The van der Waals surface area contributed by atoms with Gasteiger partial charge in [-0.25, -0.2) is 0 Å². The van der Waals surface area contributed by atoms with Crippen molar-refractivity contribution in [3.05, 3.63) is 12.2 Å². The molecule has 0 saturated carbocycles. The lowest BCUT2D eigenvalue weighted by atomic mass is 10.1. The third-order valence-electron chi connectivity index (χ3n) is 8.79. The second-order valence-corrected chi connectivity index (χ2v) is 16.4. The number of ether oxygens (including phenoxy) is 2. The molecule has 0 aromatic carbocycles. The fourth-order valence-corrected chi connectivity index (χ4v) is 6.26. The molecule has 0 aromatic heterocycles. The molecular formula is C40H78NO8P. The molecule has 10 heteroatoms. The Morgan fingerprint density at radius 2 is 1.02 bits per heavy atom. The number of esters is 2. The number of unbranched alkanes of at least 4 members (excludes halogenated alkanes) is 21. The van der Waals surface area contributed by atoms with Crippen LogP contribution < -0.4 is 4.89 Å². The van der Waals surface area contributed by atoms with Gasteiger partial charge < -0.3 is 27.9 Å². The Morgan fingerprint density at radius 3 is 1.50 bits per heavy atom. The number of hydrogen-bond donors (Lipinski definition) is 0. The van der Waals surface area contributed by atoms with Crippen LogP contribution in [0.5, 0.6) is 0 Å². The molecule has 0 radical (unpaired) electrons. The third-order valence-corrected chi connectivity index (χ3v) is 9.75. The number of rotatable bonds is 37. The monoisotopic (exact) mass is 732 g/mol. The van der Waals surface area contributed by atoms with Crippen LogP contribution in [0.4, 0.5) is 0 Å². The minimum atomic E-state index is -4.61. The Labute approximate surface area is 307 Å². The number of likely N-dealkylation sites (N-methyl/N-ethyl adjacent to an activating group) is 1. The summed E-state index contributed by atoms with van der Waals surface area (Å²) in [5.41, 5.74) is 0. The average Bonchev–Trinajstić information content (AvgIpc) is 3.06. The number of hydrogen-bond acceptors (Lipinski definition) is 8. The number of allylic oxidation sites excluding steroid dienone is 2. The van der Waals surface area contributed by atoms with Gasteiger partial charge in [0.2, 0.25) is 0 Å². The first-order chi connectivity index (χ1) is 24.0. The molecule has 9 nitrogen and oxygen atoms in total. The summed E-state index contributed by atoms with van der Waals surface area (Å²) in [6.07, 6.45) is 32.4. The molecule has 0 aliphatic heterocycles. The normalized spacial score (nSPS) is 13.8. The van der Waals surface area contributed by atoms with Gasteiger partial charge in [0.05, 0.1) is 27.7 Å². The van der Waals surface area contributed by atoms with E-state index in [0.717, 1.165) is 44.9 Å². The molecule has 0 fully saturated rings. The van der Waals surface area contributed by atoms with Crippen molar-refractivity contribution in [2.24, 2.45) is 0 Å². The number of phosphoric acid groups is 1. The molecule has 0 N–H and O–H groups in total. The number of carbonyl (C=O) groups is 2. The lowest BCUT2D eigenvalue weighted by molar-refractivity contribution is -0.870. The maximum Gasteiger partial charge on any atom is 0.306 e. The summed E-state index contributed by atoms with van der Waals surface area (Å²) in [5.74, 6) is -0.848. The SMILES string of the molecule is CCCCCCCCCC/C=C/CCCCCC(=O)OC[C@H](COP(=O)([O-])OCC[N+](C)(C)C)OC(=O)CCCCCCCCCCCCC. The average molecular weight is 732 g/mol. The van der Waals surface area contributed by atoms with E-state index in [1.807, 2.05) is 21.1 Å². The predicted molar refractivity (Wildman–Crippen MR) is 204 cm³/mol. The van der Waals surface area contributed by atoms with Gasteiger partial charge in [0, 0.05) is 12.8 Å². The predicted octanol–water partition coefficient (Wildman–Crippen LogP) is 10.4. The van der Waals surface area contributed by atoms with E-state index in [0.29, 0.717) is 23.9 Å². The van der Waals surface area contributed by atoms with Crippen molar-refractivity contribution in [1.29, 1.82) is 0 Å². The molecule has 0 saturated heterocycles. The van der Waals surface area contributed by atoms with Crippen molar-refractivity contribution in [1.82, 2.24) is 0 Å². The van der Waals surface area contributed by atoms with Crippen molar-refractivity contribution < 1.29 is 42.1 Å². The van der Waals surface area contributed by atoms with E-state index < -0.39 is 32.5 Å².